The van der Waals surface area contributed by atoms with Crippen molar-refractivity contribution in [2.45, 2.75) is 24.8 Å². The van der Waals surface area contributed by atoms with Crippen LogP contribution < -0.4 is 11.1 Å². The molecule has 2 rings (SSSR count). The van der Waals surface area contributed by atoms with Gasteiger partial charge in [-0.05, 0) is 50.0 Å². The third-order valence-electron chi connectivity index (χ3n) is 3.21. The predicted molar refractivity (Wildman–Crippen MR) is 59.0 cm³/mol. The number of nitrogens with one attached hydrogen (secondary N) is 1. The monoisotopic (exact) mass is 208 g/mol. The van der Waals surface area contributed by atoms with E-state index in [9.17, 15) is 4.39 Å². The highest BCUT2D eigenvalue weighted by molar-refractivity contribution is 5.26. The molecule has 0 spiro atoms. The van der Waals surface area contributed by atoms with Gasteiger partial charge in [0, 0.05) is 5.54 Å². The molecule has 3 heteroatoms. The summed E-state index contributed by atoms with van der Waals surface area (Å²) in [6.45, 7) is 1.68. The summed E-state index contributed by atoms with van der Waals surface area (Å²) >= 11 is 0. The van der Waals surface area contributed by atoms with Crippen molar-refractivity contribution >= 4 is 0 Å². The molecule has 15 heavy (non-hydrogen) atoms. The highest BCUT2D eigenvalue weighted by atomic mass is 19.1. The second kappa shape index (κ2) is 4.29. The molecule has 1 heterocycles. The van der Waals surface area contributed by atoms with Gasteiger partial charge in [0.15, 0.2) is 0 Å². The van der Waals surface area contributed by atoms with Crippen molar-refractivity contribution in [3.8, 4) is 0 Å². The number of hydrogen-bond acceptors (Lipinski definition) is 2. The predicted octanol–water partition coefficient (Wildman–Crippen LogP) is 1.75. The molecule has 82 valence electrons. The van der Waals surface area contributed by atoms with Crippen LogP contribution in [0.2, 0.25) is 0 Å². The molecule has 1 aromatic carbocycles. The Labute approximate surface area is 89.7 Å². The lowest BCUT2D eigenvalue weighted by Gasteiger charge is -2.29. The number of rotatable bonds is 3. The molecule has 1 aromatic rings. The fraction of sp³-hybridized carbons (Fsp3) is 0.500. The van der Waals surface area contributed by atoms with Crippen molar-refractivity contribution in [3.63, 3.8) is 0 Å². The summed E-state index contributed by atoms with van der Waals surface area (Å²) in [4.78, 5) is 0. The first-order valence-electron chi connectivity index (χ1n) is 5.48. The Morgan fingerprint density at radius 3 is 2.60 bits per heavy atom. The topological polar surface area (TPSA) is 38.0 Å². The van der Waals surface area contributed by atoms with Gasteiger partial charge >= 0.3 is 0 Å². The van der Waals surface area contributed by atoms with Gasteiger partial charge in [-0.1, -0.05) is 12.1 Å². The molecule has 2 nitrogen and oxygen atoms in total. The molecule has 1 aliphatic rings. The van der Waals surface area contributed by atoms with E-state index in [2.05, 4.69) is 5.32 Å². The molecule has 0 aliphatic carbocycles. The molecule has 1 saturated heterocycles. The third kappa shape index (κ3) is 2.03. The number of benzene rings is 1. The molecule has 1 fully saturated rings. The summed E-state index contributed by atoms with van der Waals surface area (Å²) in [6.07, 6.45) is 3.17. The zero-order chi connectivity index (χ0) is 10.7. The van der Waals surface area contributed by atoms with E-state index in [1.165, 1.54) is 12.1 Å². The average Bonchev–Trinajstić information content (AvgIpc) is 2.69. The molecule has 0 amide bonds. The highest BCUT2D eigenvalue weighted by Gasteiger charge is 2.34. The summed E-state index contributed by atoms with van der Waals surface area (Å²) in [5.74, 6) is -0.181. The van der Waals surface area contributed by atoms with Crippen molar-refractivity contribution < 1.29 is 4.39 Å². The van der Waals surface area contributed by atoms with Gasteiger partial charge in [-0.2, -0.15) is 0 Å². The maximum absolute atomic E-state index is 12.8. The molecule has 1 unspecified atom stereocenters. The lowest BCUT2D eigenvalue weighted by molar-refractivity contribution is 0.365. The Kier molecular flexibility index (Phi) is 3.03. The van der Waals surface area contributed by atoms with Crippen LogP contribution in [0.4, 0.5) is 4.39 Å². The molecule has 3 N–H and O–H groups in total. The van der Waals surface area contributed by atoms with Crippen LogP contribution in [0.15, 0.2) is 24.3 Å². The first-order chi connectivity index (χ1) is 7.27. The maximum atomic E-state index is 12.8. The molecular formula is C12H17FN2. The van der Waals surface area contributed by atoms with Crippen molar-refractivity contribution in [1.29, 1.82) is 0 Å². The first-order valence-corrected chi connectivity index (χ1v) is 5.48. The highest BCUT2D eigenvalue weighted by Crippen LogP contribution is 2.33. The number of hydrogen-bond donors (Lipinski definition) is 2. The van der Waals surface area contributed by atoms with Crippen molar-refractivity contribution in [1.82, 2.24) is 5.32 Å². The standard InChI is InChI=1S/C12H17FN2/c13-11-4-2-10(3-5-11)12(7-8-14)6-1-9-15-12/h2-5,15H,1,6-9,14H2. The minimum atomic E-state index is -0.181. The summed E-state index contributed by atoms with van der Waals surface area (Å²) in [6, 6.07) is 6.77. The first kappa shape index (κ1) is 10.6. The largest absolute Gasteiger partial charge is 0.330 e. The molecule has 1 aliphatic heterocycles. The van der Waals surface area contributed by atoms with E-state index in [0.717, 1.165) is 31.4 Å². The molecule has 0 bridgehead atoms. The third-order valence-corrected chi connectivity index (χ3v) is 3.21. The van der Waals surface area contributed by atoms with Gasteiger partial charge in [0.2, 0.25) is 0 Å². The maximum Gasteiger partial charge on any atom is 0.123 e. The molecular weight excluding hydrogens is 191 g/mol. The van der Waals surface area contributed by atoms with Crippen LogP contribution in [0.5, 0.6) is 0 Å². The summed E-state index contributed by atoms with van der Waals surface area (Å²) in [5.41, 5.74) is 6.79. The van der Waals surface area contributed by atoms with Crippen LogP contribution in [0.3, 0.4) is 0 Å². The van der Waals surface area contributed by atoms with Crippen LogP contribution in [-0.2, 0) is 5.54 Å². The molecule has 0 radical (unpaired) electrons. The Hall–Kier alpha value is -0.930. The zero-order valence-electron chi connectivity index (χ0n) is 8.80. The lowest BCUT2D eigenvalue weighted by Crippen LogP contribution is -2.38. The van der Waals surface area contributed by atoms with Crippen LogP contribution in [0.25, 0.3) is 0 Å². The molecule has 1 atom stereocenters. The fourth-order valence-electron chi connectivity index (χ4n) is 2.43. The van der Waals surface area contributed by atoms with E-state index >= 15 is 0 Å². The summed E-state index contributed by atoms with van der Waals surface area (Å²) in [5, 5.41) is 3.50. The van der Waals surface area contributed by atoms with Gasteiger partial charge in [-0.3, -0.25) is 0 Å². The van der Waals surface area contributed by atoms with Gasteiger partial charge < -0.3 is 11.1 Å². The average molecular weight is 208 g/mol. The van der Waals surface area contributed by atoms with E-state index < -0.39 is 0 Å². The van der Waals surface area contributed by atoms with E-state index in [0.29, 0.717) is 6.54 Å². The molecule has 0 saturated carbocycles. The number of nitrogens with two attached hydrogens (primary N) is 1. The Morgan fingerprint density at radius 2 is 2.07 bits per heavy atom. The Morgan fingerprint density at radius 1 is 1.33 bits per heavy atom. The second-order valence-corrected chi connectivity index (χ2v) is 4.16. The second-order valence-electron chi connectivity index (χ2n) is 4.16. The quantitative estimate of drug-likeness (QED) is 0.794. The van der Waals surface area contributed by atoms with Gasteiger partial charge in [0.25, 0.3) is 0 Å². The normalized spacial score (nSPS) is 25.7. The fourth-order valence-corrected chi connectivity index (χ4v) is 2.43. The van der Waals surface area contributed by atoms with E-state index in [-0.39, 0.29) is 11.4 Å². The molecule has 0 aromatic heterocycles. The minimum Gasteiger partial charge on any atom is -0.330 e. The minimum absolute atomic E-state index is 0.0115. The zero-order valence-corrected chi connectivity index (χ0v) is 8.80. The van der Waals surface area contributed by atoms with Gasteiger partial charge in [0.05, 0.1) is 0 Å². The SMILES string of the molecule is NCCC1(c2ccc(F)cc2)CCCN1. The number of halogens is 1. The van der Waals surface area contributed by atoms with Gasteiger partial charge in [-0.15, -0.1) is 0 Å². The van der Waals surface area contributed by atoms with Gasteiger partial charge in [-0.25, -0.2) is 4.39 Å². The Bertz CT molecular complexity index is 315. The summed E-state index contributed by atoms with van der Waals surface area (Å²) < 4.78 is 12.8. The lowest BCUT2D eigenvalue weighted by atomic mass is 9.85. The Balaban J connectivity index is 2.28. The van der Waals surface area contributed by atoms with Crippen molar-refractivity contribution in [3.05, 3.63) is 35.6 Å². The van der Waals surface area contributed by atoms with Crippen LogP contribution in [-0.4, -0.2) is 13.1 Å². The smallest absolute Gasteiger partial charge is 0.123 e. The van der Waals surface area contributed by atoms with Crippen LogP contribution in [0, 0.1) is 5.82 Å². The van der Waals surface area contributed by atoms with E-state index in [1.807, 2.05) is 12.1 Å². The van der Waals surface area contributed by atoms with E-state index in [1.54, 1.807) is 0 Å². The van der Waals surface area contributed by atoms with Crippen molar-refractivity contribution in [2.75, 3.05) is 13.1 Å². The van der Waals surface area contributed by atoms with Crippen LogP contribution >= 0.6 is 0 Å². The van der Waals surface area contributed by atoms with Gasteiger partial charge in [0.1, 0.15) is 5.82 Å². The van der Waals surface area contributed by atoms with Crippen LogP contribution in [0.1, 0.15) is 24.8 Å². The van der Waals surface area contributed by atoms with E-state index in [4.69, 9.17) is 5.73 Å². The van der Waals surface area contributed by atoms with Crippen molar-refractivity contribution in [2.24, 2.45) is 5.73 Å². The summed E-state index contributed by atoms with van der Waals surface area (Å²) in [7, 11) is 0.